The molecule has 3 heteroatoms. The first-order valence-electron chi connectivity index (χ1n) is 48.1. The van der Waals surface area contributed by atoms with Crippen LogP contribution in [0.4, 0.5) is 13.2 Å². The molecular weight excluding hydrogens is 1430 g/mol. The second-order valence-corrected chi connectivity index (χ2v) is 47.1. The normalized spacial score (nSPS) is 22.1. The Morgan fingerprint density at radius 3 is 0.573 bits per heavy atom. The summed E-state index contributed by atoms with van der Waals surface area (Å²) < 4.78 is 41.0. The van der Waals surface area contributed by atoms with E-state index in [4.69, 9.17) is 0 Å². The van der Waals surface area contributed by atoms with Gasteiger partial charge in [0.05, 0.1) is 0 Å². The molecular formula is C114H155F3. The molecule has 0 saturated heterocycles. The quantitative estimate of drug-likeness (QED) is 0.142. The highest BCUT2D eigenvalue weighted by molar-refractivity contribution is 5.61. The largest absolute Gasteiger partial charge is 0.247 e. The summed E-state index contributed by atoms with van der Waals surface area (Å²) in [6, 6.07) is 17.0. The Kier molecular flexibility index (Phi) is 24.0. The van der Waals surface area contributed by atoms with E-state index < -0.39 is 18.5 Å². The zero-order valence-electron chi connectivity index (χ0n) is 78.4. The monoisotopic (exact) mass is 1580 g/mol. The van der Waals surface area contributed by atoms with Crippen molar-refractivity contribution in [3.05, 3.63) is 237 Å². The van der Waals surface area contributed by atoms with E-state index in [0.29, 0.717) is 60.2 Å². The highest BCUT2D eigenvalue weighted by Gasteiger charge is 2.41. The number of hydrogen-bond acceptors (Lipinski definition) is 0. The summed E-state index contributed by atoms with van der Waals surface area (Å²) in [4.78, 5) is 0. The molecule has 0 saturated carbocycles. The molecule has 14 aliphatic rings. The van der Waals surface area contributed by atoms with Crippen molar-refractivity contribution in [1.82, 2.24) is 0 Å². The lowest BCUT2D eigenvalue weighted by atomic mass is 9.72. The van der Waals surface area contributed by atoms with Crippen LogP contribution in [0.1, 0.15) is 443 Å². The van der Waals surface area contributed by atoms with Gasteiger partial charge in [0.2, 0.25) is 0 Å². The van der Waals surface area contributed by atoms with Crippen LogP contribution in [0.15, 0.2) is 42.5 Å². The predicted octanol–water partition coefficient (Wildman–Crippen LogP) is 28.9. The van der Waals surface area contributed by atoms with Crippen molar-refractivity contribution < 1.29 is 13.2 Å². The molecule has 7 aromatic rings. The lowest BCUT2D eigenvalue weighted by Crippen LogP contribution is -2.23. The SMILES string of the molecule is CC(C)(C)c1c2c(cc3c1CC(F)C3)CCC2.CC(C)(C)c1c2c(cc3c1CC3)CCC2.CC(C)(C)c1c2c(cc3c1C[C@@H](F)C3)CCC2.CC(C)(C)c1c2c(cc3c1C[C@H](F)C3)CCC2.CC1CCc2cc3c(c(C(C)(C)C)c21)CCC3.C[C@@H]1CCc2cc3c(c(C(C)(C)C)c21)CCC3.C[C@H]1CCc2cc3c(c(C(C)(C)C)c21)CCC3. The molecule has 0 radical (unpaired) electrons. The Balaban J connectivity index is 0.000000107. The zero-order chi connectivity index (χ0) is 83.9. The third-order valence-corrected chi connectivity index (χ3v) is 30.5. The van der Waals surface area contributed by atoms with Gasteiger partial charge in [0, 0.05) is 38.5 Å². The number of aryl methyl sites for hydroxylation is 11. The summed E-state index contributed by atoms with van der Waals surface area (Å²) >= 11 is 0. The van der Waals surface area contributed by atoms with Crippen LogP contribution in [0.25, 0.3) is 0 Å². The average molecular weight is 1580 g/mol. The van der Waals surface area contributed by atoms with Crippen molar-refractivity contribution in [3.8, 4) is 0 Å². The maximum absolute atomic E-state index is 13.7. The first-order valence-corrected chi connectivity index (χ1v) is 48.1. The van der Waals surface area contributed by atoms with Gasteiger partial charge in [0.25, 0.3) is 0 Å². The highest BCUT2D eigenvalue weighted by atomic mass is 19.1. The third-order valence-electron chi connectivity index (χ3n) is 30.5. The van der Waals surface area contributed by atoms with Crippen LogP contribution in [0.3, 0.4) is 0 Å². The van der Waals surface area contributed by atoms with Crippen LogP contribution in [0.2, 0.25) is 0 Å². The standard InChI is InChI=1S/3C17H24.3C16H21F.C15H20/c3*1-11-8-9-13-10-12-6-5-7-14(12)16(15(11)13)17(2,3)4;3*1-16(2,3)15-13-6-4-5-10(13)7-11-8-12(17)9-14(11)15;1-15(2,3)14-12-6-4-5-10(12)9-11-7-8-13(11)14/h3*10-11H,5-9H2,1-4H3;3*7,12H,4-6,8-9H2,1-3H3;9H,4-8H2,1-3H3/t2*11-;;2*12-;;/m10.10../s1. The van der Waals surface area contributed by atoms with E-state index in [0.717, 1.165) is 17.8 Å². The molecule has 0 heterocycles. The highest BCUT2D eigenvalue weighted by Crippen LogP contribution is 2.52. The van der Waals surface area contributed by atoms with Crippen LogP contribution in [-0.4, -0.2) is 18.5 Å². The third kappa shape index (κ3) is 17.2. The lowest BCUT2D eigenvalue weighted by molar-refractivity contribution is 0.347. The molecule has 21 rings (SSSR count). The van der Waals surface area contributed by atoms with E-state index in [1.807, 2.05) is 0 Å². The smallest absolute Gasteiger partial charge is 0.108 e. The molecule has 0 fully saturated rings. The minimum Gasteiger partial charge on any atom is -0.247 e. The van der Waals surface area contributed by atoms with E-state index >= 15 is 0 Å². The van der Waals surface area contributed by atoms with E-state index in [1.54, 1.807) is 128 Å². The molecule has 14 aliphatic carbocycles. The molecule has 7 aromatic carbocycles. The molecule has 632 valence electrons. The topological polar surface area (TPSA) is 0 Å². The van der Waals surface area contributed by atoms with Crippen LogP contribution < -0.4 is 0 Å². The van der Waals surface area contributed by atoms with Crippen molar-refractivity contribution >= 4 is 0 Å². The van der Waals surface area contributed by atoms with Crippen molar-refractivity contribution in [2.45, 2.75) is 465 Å². The van der Waals surface area contributed by atoms with Gasteiger partial charge in [-0.2, -0.15) is 0 Å². The maximum Gasteiger partial charge on any atom is 0.108 e. The molecule has 0 amide bonds. The lowest BCUT2D eigenvalue weighted by Gasteiger charge is -2.33. The summed E-state index contributed by atoms with van der Waals surface area (Å²) in [5.74, 6) is 2.35. The molecule has 0 N–H and O–H groups in total. The Hall–Kier alpha value is -5.67. The molecule has 0 bridgehead atoms. The number of rotatable bonds is 0. The number of fused-ring (bicyclic) bond motifs is 14. The van der Waals surface area contributed by atoms with Gasteiger partial charge in [-0.05, 0) is 437 Å². The van der Waals surface area contributed by atoms with Gasteiger partial charge >= 0.3 is 0 Å². The summed E-state index contributed by atoms with van der Waals surface area (Å²) in [5, 5.41) is 0. The zero-order valence-corrected chi connectivity index (χ0v) is 78.4. The first-order chi connectivity index (χ1) is 54.9. The molecule has 0 aromatic heterocycles. The molecule has 0 spiro atoms. The molecule has 117 heavy (non-hydrogen) atoms. The number of alkyl halides is 3. The van der Waals surface area contributed by atoms with Gasteiger partial charge in [0.15, 0.2) is 0 Å². The van der Waals surface area contributed by atoms with E-state index in [2.05, 4.69) is 209 Å². The van der Waals surface area contributed by atoms with E-state index in [-0.39, 0.29) is 16.2 Å². The van der Waals surface area contributed by atoms with Crippen molar-refractivity contribution in [1.29, 1.82) is 0 Å². The van der Waals surface area contributed by atoms with Gasteiger partial charge in [-0.3, -0.25) is 0 Å². The van der Waals surface area contributed by atoms with E-state index in [9.17, 15) is 13.2 Å². The van der Waals surface area contributed by atoms with Gasteiger partial charge < -0.3 is 0 Å². The summed E-state index contributed by atoms with van der Waals surface area (Å²) in [6.07, 6.45) is 39.7. The molecule has 0 nitrogen and oxygen atoms in total. The Labute approximate surface area is 710 Å². The average Bonchev–Trinajstić information content (AvgIpc) is 1.42. The molecule has 2 unspecified atom stereocenters. The van der Waals surface area contributed by atoms with Crippen LogP contribution in [0.5, 0.6) is 0 Å². The van der Waals surface area contributed by atoms with E-state index in [1.165, 1.54) is 253 Å². The fourth-order valence-electron chi connectivity index (χ4n) is 26.4. The summed E-state index contributed by atoms with van der Waals surface area (Å²) in [6.45, 7) is 56.4. The Morgan fingerprint density at radius 1 is 0.188 bits per heavy atom. The number of benzene rings is 7. The minimum absolute atomic E-state index is 0.157. The van der Waals surface area contributed by atoms with Crippen LogP contribution in [0, 0.1) is 0 Å². The molecule has 0 aliphatic heterocycles. The summed E-state index contributed by atoms with van der Waals surface area (Å²) in [7, 11) is 0. The second kappa shape index (κ2) is 32.5. The predicted molar refractivity (Wildman–Crippen MR) is 495 cm³/mol. The Morgan fingerprint density at radius 2 is 0.368 bits per heavy atom. The van der Waals surface area contributed by atoms with Gasteiger partial charge in [-0.25, -0.2) is 13.2 Å². The van der Waals surface area contributed by atoms with Crippen LogP contribution >= 0.6 is 0 Å². The van der Waals surface area contributed by atoms with Crippen molar-refractivity contribution in [2.24, 2.45) is 0 Å². The fraction of sp³-hybridized carbons (Fsp3) is 0.632. The van der Waals surface area contributed by atoms with Gasteiger partial charge in [-0.15, -0.1) is 0 Å². The number of hydrogen-bond donors (Lipinski definition) is 0. The molecule has 6 atom stereocenters. The first kappa shape index (κ1) is 86.3. The maximum atomic E-state index is 13.7. The number of halogens is 3. The van der Waals surface area contributed by atoms with Gasteiger partial charge in [-0.1, -0.05) is 209 Å². The second-order valence-electron chi connectivity index (χ2n) is 47.1. The van der Waals surface area contributed by atoms with Crippen LogP contribution in [-0.2, 0) is 198 Å². The van der Waals surface area contributed by atoms with Gasteiger partial charge in [0.1, 0.15) is 18.5 Å². The summed E-state index contributed by atoms with van der Waals surface area (Å²) in [5.41, 5.74) is 57.1. The van der Waals surface area contributed by atoms with Crippen molar-refractivity contribution in [2.75, 3.05) is 0 Å². The van der Waals surface area contributed by atoms with Crippen molar-refractivity contribution in [3.63, 3.8) is 0 Å². The Bertz CT molecular complexity index is 4510. The fourth-order valence-corrected chi connectivity index (χ4v) is 26.4. The minimum atomic E-state index is -0.645.